The smallest absolute Gasteiger partial charge is 0.203 e. The van der Waals surface area contributed by atoms with Crippen LogP contribution in [0.3, 0.4) is 0 Å². The summed E-state index contributed by atoms with van der Waals surface area (Å²) in [7, 11) is 0. The van der Waals surface area contributed by atoms with E-state index in [4.69, 9.17) is 5.73 Å². The van der Waals surface area contributed by atoms with Gasteiger partial charge in [-0.3, -0.25) is 4.79 Å². The minimum atomic E-state index is -1.69. The molecule has 2 N–H and O–H groups in total. The fourth-order valence-electron chi connectivity index (χ4n) is 0.953. The van der Waals surface area contributed by atoms with Crippen molar-refractivity contribution in [3.05, 3.63) is 29.3 Å². The van der Waals surface area contributed by atoms with Crippen LogP contribution in [-0.2, 0) is 4.79 Å². The number of Topliss-reactive ketones (excluding diaryl/α,β-unsaturated/α-hetero) is 1. The summed E-state index contributed by atoms with van der Waals surface area (Å²) in [4.78, 5) is 11.0. The van der Waals surface area contributed by atoms with Gasteiger partial charge in [0.2, 0.25) is 11.6 Å². The monoisotopic (exact) mass is 251 g/mol. The normalized spacial score (nSPS) is 12.4. The molecule has 1 aromatic carbocycles. The predicted molar refractivity (Wildman–Crippen MR) is 50.4 cm³/mol. The molecular weight excluding hydrogens is 242 g/mol. The second kappa shape index (κ2) is 5.13. The van der Waals surface area contributed by atoms with Crippen molar-refractivity contribution < 1.29 is 27.1 Å². The number of rotatable bonds is 4. The molecular formula is C10H9F4NO2. The van der Waals surface area contributed by atoms with E-state index < -0.39 is 47.5 Å². The molecule has 17 heavy (non-hydrogen) atoms. The molecule has 0 amide bonds. The molecule has 1 rings (SSSR count). The summed E-state index contributed by atoms with van der Waals surface area (Å²) in [5.41, 5.74) is 5.17. The lowest BCUT2D eigenvalue weighted by atomic mass is 10.2. The van der Waals surface area contributed by atoms with Crippen LogP contribution < -0.4 is 10.5 Å². The van der Waals surface area contributed by atoms with Crippen LogP contribution in [0, 0.1) is 23.3 Å². The summed E-state index contributed by atoms with van der Waals surface area (Å²) in [5.74, 6) is -8.52. The molecule has 0 aliphatic rings. The maximum Gasteiger partial charge on any atom is 0.203 e. The van der Waals surface area contributed by atoms with Gasteiger partial charge in [-0.2, -0.15) is 8.78 Å². The van der Waals surface area contributed by atoms with E-state index in [1.54, 1.807) is 0 Å². The zero-order chi connectivity index (χ0) is 13.2. The number of hydrogen-bond acceptors (Lipinski definition) is 3. The van der Waals surface area contributed by atoms with E-state index in [0.29, 0.717) is 0 Å². The maximum atomic E-state index is 13.0. The van der Waals surface area contributed by atoms with Crippen LogP contribution in [-0.4, -0.2) is 18.4 Å². The van der Waals surface area contributed by atoms with Gasteiger partial charge in [0, 0.05) is 6.07 Å². The highest BCUT2D eigenvalue weighted by Gasteiger charge is 2.21. The Hall–Kier alpha value is -1.63. The molecule has 0 aliphatic heterocycles. The van der Waals surface area contributed by atoms with Gasteiger partial charge in [0.05, 0.1) is 6.04 Å². The van der Waals surface area contributed by atoms with Gasteiger partial charge in [-0.1, -0.05) is 0 Å². The SMILES string of the molecule is C[C@H](N)C(=O)COc1c(F)c(F)cc(F)c1F. The Labute approximate surface area is 94.2 Å². The summed E-state index contributed by atoms with van der Waals surface area (Å²) < 4.78 is 55.9. The number of ether oxygens (including phenoxy) is 1. The van der Waals surface area contributed by atoms with Crippen molar-refractivity contribution in [2.24, 2.45) is 5.73 Å². The van der Waals surface area contributed by atoms with Crippen LogP contribution in [0.5, 0.6) is 5.75 Å². The first-order valence-corrected chi connectivity index (χ1v) is 4.58. The van der Waals surface area contributed by atoms with Crippen molar-refractivity contribution in [1.82, 2.24) is 0 Å². The lowest BCUT2D eigenvalue weighted by Gasteiger charge is -2.09. The minimum absolute atomic E-state index is 0.0465. The molecule has 94 valence electrons. The minimum Gasteiger partial charge on any atom is -0.479 e. The van der Waals surface area contributed by atoms with Gasteiger partial charge in [0.25, 0.3) is 0 Å². The van der Waals surface area contributed by atoms with Gasteiger partial charge in [0.1, 0.15) is 6.61 Å². The van der Waals surface area contributed by atoms with Gasteiger partial charge in [0.15, 0.2) is 23.2 Å². The Morgan fingerprint density at radius 3 is 2.18 bits per heavy atom. The number of nitrogens with two attached hydrogens (primary N) is 1. The Bertz CT molecular complexity index is 422. The molecule has 0 fully saturated rings. The summed E-state index contributed by atoms with van der Waals surface area (Å²) in [6.07, 6.45) is 0. The van der Waals surface area contributed by atoms with E-state index in [2.05, 4.69) is 4.74 Å². The highest BCUT2D eigenvalue weighted by Crippen LogP contribution is 2.26. The maximum absolute atomic E-state index is 13.0. The second-order valence-electron chi connectivity index (χ2n) is 3.34. The lowest BCUT2D eigenvalue weighted by molar-refractivity contribution is -0.122. The number of ketones is 1. The molecule has 0 aliphatic carbocycles. The van der Waals surface area contributed by atoms with Crippen LogP contribution in [0.2, 0.25) is 0 Å². The van der Waals surface area contributed by atoms with Crippen LogP contribution in [0.4, 0.5) is 17.6 Å². The van der Waals surface area contributed by atoms with Gasteiger partial charge < -0.3 is 10.5 Å². The van der Waals surface area contributed by atoms with Gasteiger partial charge in [-0.15, -0.1) is 0 Å². The van der Waals surface area contributed by atoms with Crippen molar-refractivity contribution in [2.45, 2.75) is 13.0 Å². The molecule has 7 heteroatoms. The largest absolute Gasteiger partial charge is 0.479 e. The molecule has 0 unspecified atom stereocenters. The van der Waals surface area contributed by atoms with Crippen molar-refractivity contribution in [3.8, 4) is 5.75 Å². The summed E-state index contributed by atoms with van der Waals surface area (Å²) in [6.45, 7) is 0.568. The van der Waals surface area contributed by atoms with Gasteiger partial charge >= 0.3 is 0 Å². The van der Waals surface area contributed by atoms with Crippen LogP contribution in [0.1, 0.15) is 6.92 Å². The zero-order valence-electron chi connectivity index (χ0n) is 8.77. The van der Waals surface area contributed by atoms with Crippen LogP contribution in [0.25, 0.3) is 0 Å². The van der Waals surface area contributed by atoms with Crippen LogP contribution in [0.15, 0.2) is 6.07 Å². The van der Waals surface area contributed by atoms with E-state index in [1.165, 1.54) is 6.92 Å². The Morgan fingerprint density at radius 1 is 1.29 bits per heavy atom. The molecule has 0 radical (unpaired) electrons. The topological polar surface area (TPSA) is 52.3 Å². The van der Waals surface area contributed by atoms with Crippen molar-refractivity contribution in [1.29, 1.82) is 0 Å². The average Bonchev–Trinajstić information content (AvgIpc) is 2.26. The first kappa shape index (κ1) is 13.4. The van der Waals surface area contributed by atoms with Gasteiger partial charge in [-0.05, 0) is 6.92 Å². The molecule has 0 spiro atoms. The molecule has 0 aromatic heterocycles. The fourth-order valence-corrected chi connectivity index (χ4v) is 0.953. The summed E-state index contributed by atoms with van der Waals surface area (Å²) in [5, 5.41) is 0. The highest BCUT2D eigenvalue weighted by molar-refractivity contribution is 5.84. The third-order valence-electron chi connectivity index (χ3n) is 1.94. The Morgan fingerprint density at radius 2 is 1.76 bits per heavy atom. The highest BCUT2D eigenvalue weighted by atomic mass is 19.2. The first-order chi connectivity index (χ1) is 7.84. The van der Waals surface area contributed by atoms with Gasteiger partial charge in [-0.25, -0.2) is 8.78 Å². The third kappa shape index (κ3) is 2.94. The number of carbonyl (C=O) groups is 1. The van der Waals surface area contributed by atoms with E-state index in [1.807, 2.05) is 0 Å². The summed E-state index contributed by atoms with van der Waals surface area (Å²) >= 11 is 0. The molecule has 3 nitrogen and oxygen atoms in total. The number of hydrogen-bond donors (Lipinski definition) is 1. The molecule has 1 atom stereocenters. The molecule has 0 saturated heterocycles. The third-order valence-corrected chi connectivity index (χ3v) is 1.94. The molecule has 1 aromatic rings. The van der Waals surface area contributed by atoms with Crippen LogP contribution >= 0.6 is 0 Å². The molecule has 0 heterocycles. The quantitative estimate of drug-likeness (QED) is 0.652. The molecule has 0 saturated carbocycles. The number of carbonyl (C=O) groups excluding carboxylic acids is 1. The first-order valence-electron chi connectivity index (χ1n) is 4.58. The van der Waals surface area contributed by atoms with E-state index in [9.17, 15) is 22.4 Å². The van der Waals surface area contributed by atoms with E-state index in [-0.39, 0.29) is 6.07 Å². The fraction of sp³-hybridized carbons (Fsp3) is 0.300. The summed E-state index contributed by atoms with van der Waals surface area (Å²) in [6, 6.07) is -0.857. The Balaban J connectivity index is 2.95. The van der Waals surface area contributed by atoms with E-state index in [0.717, 1.165) is 0 Å². The zero-order valence-corrected chi connectivity index (χ0v) is 8.77. The molecule has 0 bridgehead atoms. The number of halogens is 4. The average molecular weight is 251 g/mol. The number of benzene rings is 1. The predicted octanol–water partition coefficient (Wildman–Crippen LogP) is 1.54. The standard InChI is InChI=1S/C10H9F4NO2/c1-4(15)7(16)3-17-10-8(13)5(11)2-6(12)9(10)14/h2,4H,3,15H2,1H3/t4-/m0/s1. The van der Waals surface area contributed by atoms with Crippen molar-refractivity contribution in [3.63, 3.8) is 0 Å². The van der Waals surface area contributed by atoms with Crippen molar-refractivity contribution in [2.75, 3.05) is 6.61 Å². The Kier molecular flexibility index (Phi) is 4.06. The van der Waals surface area contributed by atoms with Crippen molar-refractivity contribution >= 4 is 5.78 Å². The second-order valence-corrected chi connectivity index (χ2v) is 3.34. The van der Waals surface area contributed by atoms with E-state index >= 15 is 0 Å². The lowest BCUT2D eigenvalue weighted by Crippen LogP contribution is -2.31.